The van der Waals surface area contributed by atoms with Gasteiger partial charge in [-0.15, -0.1) is 0 Å². The SMILES string of the molecule is COc1cc2c(cc1OC)[C@H]1C[C@@H](OC(=O)CCC(=O)OC(C)(C)C)[C@H](CC(C)C)CN1CC2. The van der Waals surface area contributed by atoms with Gasteiger partial charge in [0.05, 0.1) is 27.1 Å². The fourth-order valence-corrected chi connectivity index (χ4v) is 5.21. The highest BCUT2D eigenvalue weighted by atomic mass is 16.6. The third-order valence-corrected chi connectivity index (χ3v) is 6.57. The van der Waals surface area contributed by atoms with Gasteiger partial charge in [-0.25, -0.2) is 0 Å². The molecule has 7 nitrogen and oxygen atoms in total. The lowest BCUT2D eigenvalue weighted by Crippen LogP contribution is -2.49. The number of carbonyl (C=O) groups is 2. The van der Waals surface area contributed by atoms with Crippen LogP contribution in [0.25, 0.3) is 0 Å². The number of benzene rings is 1. The molecule has 0 saturated carbocycles. The zero-order chi connectivity index (χ0) is 25.0. The van der Waals surface area contributed by atoms with E-state index in [-0.39, 0.29) is 42.8 Å². The fraction of sp³-hybridized carbons (Fsp3) is 0.704. The van der Waals surface area contributed by atoms with Gasteiger partial charge in [0.15, 0.2) is 11.5 Å². The number of rotatable bonds is 8. The zero-order valence-corrected chi connectivity index (χ0v) is 21.8. The van der Waals surface area contributed by atoms with Gasteiger partial charge in [0.2, 0.25) is 0 Å². The Labute approximate surface area is 204 Å². The summed E-state index contributed by atoms with van der Waals surface area (Å²) in [4.78, 5) is 27.3. The largest absolute Gasteiger partial charge is 0.493 e. The van der Waals surface area contributed by atoms with Gasteiger partial charge >= 0.3 is 11.9 Å². The van der Waals surface area contributed by atoms with E-state index < -0.39 is 5.60 Å². The molecule has 7 heteroatoms. The monoisotopic (exact) mass is 475 g/mol. The number of ether oxygens (including phenoxy) is 4. The molecule has 0 spiro atoms. The maximum absolute atomic E-state index is 12.7. The number of hydrogen-bond donors (Lipinski definition) is 0. The summed E-state index contributed by atoms with van der Waals surface area (Å²) >= 11 is 0. The molecule has 1 saturated heterocycles. The van der Waals surface area contributed by atoms with Gasteiger partial charge in [-0.3, -0.25) is 14.5 Å². The van der Waals surface area contributed by atoms with Crippen molar-refractivity contribution in [2.45, 2.75) is 84.5 Å². The van der Waals surface area contributed by atoms with E-state index in [2.05, 4.69) is 30.9 Å². The Morgan fingerprint density at radius 3 is 2.32 bits per heavy atom. The Balaban J connectivity index is 1.74. The molecule has 1 fully saturated rings. The maximum Gasteiger partial charge on any atom is 0.306 e. The van der Waals surface area contributed by atoms with E-state index in [1.807, 2.05) is 20.8 Å². The maximum atomic E-state index is 12.7. The first-order chi connectivity index (χ1) is 16.0. The number of methoxy groups -OCH3 is 2. The molecule has 0 radical (unpaired) electrons. The lowest BCUT2D eigenvalue weighted by molar-refractivity contribution is -0.163. The first kappa shape index (κ1) is 26.3. The molecule has 0 amide bonds. The van der Waals surface area contributed by atoms with E-state index in [1.165, 1.54) is 11.1 Å². The lowest BCUT2D eigenvalue weighted by atomic mass is 9.79. The summed E-state index contributed by atoms with van der Waals surface area (Å²) in [5.74, 6) is 1.53. The highest BCUT2D eigenvalue weighted by Crippen LogP contribution is 2.44. The van der Waals surface area contributed by atoms with E-state index in [1.54, 1.807) is 14.2 Å². The van der Waals surface area contributed by atoms with E-state index in [9.17, 15) is 9.59 Å². The molecule has 2 heterocycles. The number of fused-ring (bicyclic) bond motifs is 3. The Morgan fingerprint density at radius 1 is 1.06 bits per heavy atom. The molecule has 1 aromatic carbocycles. The zero-order valence-electron chi connectivity index (χ0n) is 21.8. The van der Waals surface area contributed by atoms with Crippen molar-refractivity contribution in [3.05, 3.63) is 23.3 Å². The van der Waals surface area contributed by atoms with Crippen molar-refractivity contribution < 1.29 is 28.5 Å². The molecular formula is C27H41NO6. The average Bonchev–Trinajstić information content (AvgIpc) is 2.75. The number of carbonyl (C=O) groups excluding carboxylic acids is 2. The van der Waals surface area contributed by atoms with E-state index in [0.717, 1.165) is 43.9 Å². The lowest BCUT2D eigenvalue weighted by Gasteiger charge is -2.47. The van der Waals surface area contributed by atoms with Crippen molar-refractivity contribution in [2.24, 2.45) is 11.8 Å². The van der Waals surface area contributed by atoms with Crippen molar-refractivity contribution in [1.29, 1.82) is 0 Å². The van der Waals surface area contributed by atoms with Crippen LogP contribution in [0.1, 0.15) is 77.5 Å². The highest BCUT2D eigenvalue weighted by molar-refractivity contribution is 5.78. The van der Waals surface area contributed by atoms with Gasteiger partial charge in [-0.05, 0) is 62.8 Å². The third kappa shape index (κ3) is 6.65. The predicted molar refractivity (Wildman–Crippen MR) is 130 cm³/mol. The molecule has 0 bridgehead atoms. The van der Waals surface area contributed by atoms with Crippen LogP contribution in [0.15, 0.2) is 12.1 Å². The summed E-state index contributed by atoms with van der Waals surface area (Å²) in [6.45, 7) is 11.7. The standard InChI is InChI=1S/C27H41NO6/c1-17(2)12-19-16-28-11-10-18-13-23(31-6)24(32-7)14-20(18)21(28)15-22(19)33-25(29)8-9-26(30)34-27(3,4)5/h13-14,17,19,21-22H,8-12,15-16H2,1-7H3/t19-,21-,22-/m1/s1. The van der Waals surface area contributed by atoms with Crippen LogP contribution in [0, 0.1) is 11.8 Å². The van der Waals surface area contributed by atoms with Gasteiger partial charge in [0.25, 0.3) is 0 Å². The predicted octanol–water partition coefficient (Wildman–Crippen LogP) is 4.70. The van der Waals surface area contributed by atoms with Crippen molar-refractivity contribution in [3.63, 3.8) is 0 Å². The van der Waals surface area contributed by atoms with Crippen molar-refractivity contribution >= 4 is 11.9 Å². The minimum absolute atomic E-state index is 0.0348. The Bertz CT molecular complexity index is 875. The topological polar surface area (TPSA) is 74.3 Å². The van der Waals surface area contributed by atoms with Crippen LogP contribution in [-0.4, -0.2) is 55.9 Å². The van der Waals surface area contributed by atoms with Crippen LogP contribution in [0.2, 0.25) is 0 Å². The minimum atomic E-state index is -0.561. The second-order valence-corrected chi connectivity index (χ2v) is 10.9. The minimum Gasteiger partial charge on any atom is -0.493 e. The normalized spacial score (nSPS) is 22.5. The van der Waals surface area contributed by atoms with Crippen LogP contribution in [0.4, 0.5) is 0 Å². The summed E-state index contributed by atoms with van der Waals surface area (Å²) in [5.41, 5.74) is 1.92. The van der Waals surface area contributed by atoms with Crippen molar-refractivity contribution in [1.82, 2.24) is 4.90 Å². The van der Waals surface area contributed by atoms with E-state index >= 15 is 0 Å². The molecular weight excluding hydrogens is 434 g/mol. The molecule has 3 atom stereocenters. The number of nitrogens with zero attached hydrogens (tertiary/aromatic N) is 1. The molecule has 0 unspecified atom stereocenters. The summed E-state index contributed by atoms with van der Waals surface area (Å²) in [6, 6.07) is 4.32. The second-order valence-electron chi connectivity index (χ2n) is 10.9. The summed E-state index contributed by atoms with van der Waals surface area (Å²) in [5, 5.41) is 0. The molecule has 0 N–H and O–H groups in total. The van der Waals surface area contributed by atoms with Gasteiger partial charge in [-0.2, -0.15) is 0 Å². The van der Waals surface area contributed by atoms with Crippen molar-refractivity contribution in [3.8, 4) is 11.5 Å². The molecule has 0 aliphatic carbocycles. The quantitative estimate of drug-likeness (QED) is 0.505. The average molecular weight is 476 g/mol. The van der Waals surface area contributed by atoms with Crippen LogP contribution in [-0.2, 0) is 25.5 Å². The number of piperidine rings is 1. The fourth-order valence-electron chi connectivity index (χ4n) is 5.21. The van der Waals surface area contributed by atoms with E-state index in [4.69, 9.17) is 18.9 Å². The smallest absolute Gasteiger partial charge is 0.306 e. The Kier molecular flexibility index (Phi) is 8.50. The van der Waals surface area contributed by atoms with Gasteiger partial charge in [0, 0.05) is 31.5 Å². The van der Waals surface area contributed by atoms with Gasteiger partial charge in [0.1, 0.15) is 11.7 Å². The van der Waals surface area contributed by atoms with Crippen LogP contribution < -0.4 is 9.47 Å². The molecule has 34 heavy (non-hydrogen) atoms. The molecule has 3 rings (SSSR count). The highest BCUT2D eigenvalue weighted by Gasteiger charge is 2.41. The molecule has 2 aliphatic rings. The molecule has 0 aromatic heterocycles. The van der Waals surface area contributed by atoms with E-state index in [0.29, 0.717) is 5.92 Å². The van der Waals surface area contributed by atoms with Crippen LogP contribution in [0.5, 0.6) is 11.5 Å². The van der Waals surface area contributed by atoms with Gasteiger partial charge < -0.3 is 18.9 Å². The molecule has 1 aromatic rings. The van der Waals surface area contributed by atoms with Crippen LogP contribution in [0.3, 0.4) is 0 Å². The first-order valence-electron chi connectivity index (χ1n) is 12.4. The Hall–Kier alpha value is -2.28. The molecule has 2 aliphatic heterocycles. The Morgan fingerprint density at radius 2 is 1.71 bits per heavy atom. The van der Waals surface area contributed by atoms with Crippen LogP contribution >= 0.6 is 0 Å². The summed E-state index contributed by atoms with van der Waals surface area (Å²) in [7, 11) is 3.31. The third-order valence-electron chi connectivity index (χ3n) is 6.57. The number of hydrogen-bond acceptors (Lipinski definition) is 7. The first-order valence-corrected chi connectivity index (χ1v) is 12.4. The second kappa shape index (κ2) is 11.0. The number of esters is 2. The summed E-state index contributed by atoms with van der Waals surface area (Å²) in [6.07, 6.45) is 2.57. The summed E-state index contributed by atoms with van der Waals surface area (Å²) < 4.78 is 22.4. The van der Waals surface area contributed by atoms with Gasteiger partial charge in [-0.1, -0.05) is 13.8 Å². The molecule has 190 valence electrons. The van der Waals surface area contributed by atoms with Crippen molar-refractivity contribution in [2.75, 3.05) is 27.3 Å².